The maximum absolute atomic E-state index is 10.5. The predicted molar refractivity (Wildman–Crippen MR) is 113 cm³/mol. The number of aromatic hydroxyl groups is 1. The molecule has 0 aliphatic rings. The van der Waals surface area contributed by atoms with Crippen LogP contribution in [-0.2, 0) is 22.4 Å². The molecule has 0 spiro atoms. The minimum absolute atomic E-state index is 0.375. The molecule has 3 nitrogen and oxygen atoms in total. The van der Waals surface area contributed by atoms with Crippen LogP contribution in [0.15, 0.2) is 18.2 Å². The van der Waals surface area contributed by atoms with Crippen molar-refractivity contribution in [2.75, 3.05) is 0 Å². The number of ether oxygens (including phenoxy) is 1. The third-order valence-corrected chi connectivity index (χ3v) is 5.04. The van der Waals surface area contributed by atoms with Gasteiger partial charge in [-0.25, -0.2) is 0 Å². The van der Waals surface area contributed by atoms with Crippen LogP contribution in [0.3, 0.4) is 0 Å². The Labute approximate surface area is 166 Å². The molecule has 27 heavy (non-hydrogen) atoms. The lowest BCUT2D eigenvalue weighted by Crippen LogP contribution is -2.23. The van der Waals surface area contributed by atoms with E-state index in [0.29, 0.717) is 17.6 Å². The molecule has 0 radical (unpaired) electrons. The fourth-order valence-electron chi connectivity index (χ4n) is 3.44. The van der Waals surface area contributed by atoms with Crippen LogP contribution in [0.5, 0.6) is 5.75 Å². The molecule has 0 aliphatic heterocycles. The van der Waals surface area contributed by atoms with Gasteiger partial charge in [-0.3, -0.25) is 4.79 Å². The molecule has 1 aromatic carbocycles. The number of phenolic OH excluding ortho intramolecular Hbond substituents is 1. The van der Waals surface area contributed by atoms with E-state index in [0.717, 1.165) is 32.1 Å². The summed E-state index contributed by atoms with van der Waals surface area (Å²) >= 11 is 0. The minimum Gasteiger partial charge on any atom is -0.508 e. The van der Waals surface area contributed by atoms with E-state index in [-0.39, 0.29) is 0 Å². The second kappa shape index (κ2) is 11.4. The number of unbranched alkanes of at least 4 members (excludes halogenated alkanes) is 4. The molecule has 0 unspecified atom stereocenters. The smallest absolute Gasteiger partial charge is 0.293 e. The summed E-state index contributed by atoms with van der Waals surface area (Å²) < 4.78 is 5.09. The van der Waals surface area contributed by atoms with Crippen molar-refractivity contribution in [2.24, 2.45) is 5.41 Å². The summed E-state index contributed by atoms with van der Waals surface area (Å²) in [7, 11) is 0. The summed E-state index contributed by atoms with van der Waals surface area (Å²) in [5.41, 5.74) is 2.49. The van der Waals surface area contributed by atoms with Gasteiger partial charge in [-0.2, -0.15) is 0 Å². The highest BCUT2D eigenvalue weighted by Gasteiger charge is 2.17. The van der Waals surface area contributed by atoms with Gasteiger partial charge in [-0.1, -0.05) is 46.1 Å². The van der Waals surface area contributed by atoms with Crippen LogP contribution in [0.25, 0.3) is 0 Å². The summed E-state index contributed by atoms with van der Waals surface area (Å²) in [6.45, 7) is 11.3. The van der Waals surface area contributed by atoms with Gasteiger partial charge in [-0.05, 0) is 87.5 Å². The van der Waals surface area contributed by atoms with Gasteiger partial charge in [0.1, 0.15) is 11.4 Å². The summed E-state index contributed by atoms with van der Waals surface area (Å²) in [6, 6.07) is 6.02. The summed E-state index contributed by atoms with van der Waals surface area (Å²) in [6.07, 6.45) is 11.2. The van der Waals surface area contributed by atoms with Crippen molar-refractivity contribution < 1.29 is 14.6 Å². The summed E-state index contributed by atoms with van der Waals surface area (Å²) in [5.74, 6) is 0.375. The first-order chi connectivity index (χ1) is 12.6. The van der Waals surface area contributed by atoms with Gasteiger partial charge < -0.3 is 9.84 Å². The first kappa shape index (κ1) is 23.5. The minimum atomic E-state index is -0.390. The van der Waals surface area contributed by atoms with Crippen molar-refractivity contribution in [3.05, 3.63) is 29.3 Å². The van der Waals surface area contributed by atoms with Gasteiger partial charge in [0.2, 0.25) is 0 Å². The topological polar surface area (TPSA) is 46.5 Å². The molecule has 0 bridgehead atoms. The van der Waals surface area contributed by atoms with Crippen LogP contribution in [0, 0.1) is 5.41 Å². The SMILES string of the molecule is CC(C)(C)CCCCCCc1cc(O)cc(CCCCC(C)(C)OC=O)c1. The van der Waals surface area contributed by atoms with E-state index in [1.807, 2.05) is 26.0 Å². The van der Waals surface area contributed by atoms with Crippen molar-refractivity contribution in [2.45, 2.75) is 104 Å². The van der Waals surface area contributed by atoms with E-state index in [1.165, 1.54) is 43.2 Å². The second-order valence-corrected chi connectivity index (χ2v) is 9.66. The Hall–Kier alpha value is -1.51. The number of carbonyl (C=O) groups is 1. The molecule has 0 heterocycles. The molecule has 0 atom stereocenters. The Morgan fingerprint density at radius 2 is 1.33 bits per heavy atom. The number of rotatable bonds is 13. The molecule has 0 saturated carbocycles. The molecule has 0 saturated heterocycles. The van der Waals surface area contributed by atoms with Gasteiger partial charge in [0, 0.05) is 0 Å². The second-order valence-electron chi connectivity index (χ2n) is 9.66. The van der Waals surface area contributed by atoms with Crippen LogP contribution in [-0.4, -0.2) is 17.2 Å². The molecule has 0 aliphatic carbocycles. The molecule has 1 rings (SSSR count). The Bertz CT molecular complexity index is 555. The molecular weight excluding hydrogens is 336 g/mol. The normalized spacial score (nSPS) is 12.2. The number of hydrogen-bond donors (Lipinski definition) is 1. The van der Waals surface area contributed by atoms with Crippen molar-refractivity contribution in [1.29, 1.82) is 0 Å². The van der Waals surface area contributed by atoms with Gasteiger partial charge in [0.15, 0.2) is 0 Å². The lowest BCUT2D eigenvalue weighted by molar-refractivity contribution is -0.140. The monoisotopic (exact) mass is 376 g/mol. The lowest BCUT2D eigenvalue weighted by atomic mass is 9.89. The van der Waals surface area contributed by atoms with Crippen LogP contribution in [0.1, 0.15) is 97.1 Å². The predicted octanol–water partition coefficient (Wildman–Crippen LogP) is 6.60. The number of carbonyl (C=O) groups excluding carboxylic acids is 1. The Morgan fingerprint density at radius 3 is 1.89 bits per heavy atom. The van der Waals surface area contributed by atoms with Gasteiger partial charge >= 0.3 is 0 Å². The Morgan fingerprint density at radius 1 is 0.815 bits per heavy atom. The Balaban J connectivity index is 2.33. The molecule has 154 valence electrons. The first-order valence-corrected chi connectivity index (χ1v) is 10.5. The van der Waals surface area contributed by atoms with E-state index in [4.69, 9.17) is 4.74 Å². The molecular formula is C24H40O3. The molecule has 1 aromatic rings. The lowest BCUT2D eigenvalue weighted by Gasteiger charge is -2.22. The number of benzene rings is 1. The van der Waals surface area contributed by atoms with Crippen LogP contribution in [0.4, 0.5) is 0 Å². The van der Waals surface area contributed by atoms with E-state index in [1.54, 1.807) is 0 Å². The largest absolute Gasteiger partial charge is 0.508 e. The van der Waals surface area contributed by atoms with Gasteiger partial charge in [-0.15, -0.1) is 0 Å². The fourth-order valence-corrected chi connectivity index (χ4v) is 3.44. The van der Waals surface area contributed by atoms with Crippen LogP contribution in [0.2, 0.25) is 0 Å². The van der Waals surface area contributed by atoms with Crippen molar-refractivity contribution in [3.8, 4) is 5.75 Å². The molecule has 0 aromatic heterocycles. The number of hydrogen-bond acceptors (Lipinski definition) is 3. The maximum Gasteiger partial charge on any atom is 0.293 e. The highest BCUT2D eigenvalue weighted by molar-refractivity contribution is 5.38. The fraction of sp³-hybridized carbons (Fsp3) is 0.708. The first-order valence-electron chi connectivity index (χ1n) is 10.5. The van der Waals surface area contributed by atoms with E-state index in [9.17, 15) is 9.90 Å². The average Bonchev–Trinajstić information content (AvgIpc) is 2.53. The maximum atomic E-state index is 10.5. The average molecular weight is 377 g/mol. The number of phenols is 1. The molecule has 0 amide bonds. The zero-order chi connectivity index (χ0) is 20.3. The molecule has 0 fully saturated rings. The van der Waals surface area contributed by atoms with Crippen molar-refractivity contribution >= 4 is 6.47 Å². The highest BCUT2D eigenvalue weighted by Crippen LogP contribution is 2.24. The van der Waals surface area contributed by atoms with Crippen LogP contribution >= 0.6 is 0 Å². The Kier molecular flexibility index (Phi) is 9.90. The zero-order valence-electron chi connectivity index (χ0n) is 18.1. The zero-order valence-corrected chi connectivity index (χ0v) is 18.1. The quantitative estimate of drug-likeness (QED) is 0.312. The highest BCUT2D eigenvalue weighted by atomic mass is 16.5. The van der Waals surface area contributed by atoms with Gasteiger partial charge in [0.05, 0.1) is 0 Å². The van der Waals surface area contributed by atoms with E-state index >= 15 is 0 Å². The standard InChI is InChI=1S/C24H40O3/c1-23(2,3)14-10-7-6-8-12-20-16-21(18-22(26)17-20)13-9-11-15-24(4,5)27-19-25/h16-19,26H,6-15H2,1-5H3. The summed E-state index contributed by atoms with van der Waals surface area (Å²) in [5, 5.41) is 10.0. The number of aryl methyl sites for hydroxylation is 2. The van der Waals surface area contributed by atoms with E-state index < -0.39 is 5.60 Å². The van der Waals surface area contributed by atoms with Crippen molar-refractivity contribution in [1.82, 2.24) is 0 Å². The molecule has 1 N–H and O–H groups in total. The molecule has 3 heteroatoms. The third kappa shape index (κ3) is 11.7. The third-order valence-electron chi connectivity index (χ3n) is 5.04. The van der Waals surface area contributed by atoms with Crippen LogP contribution < -0.4 is 0 Å². The van der Waals surface area contributed by atoms with E-state index in [2.05, 4.69) is 26.8 Å². The van der Waals surface area contributed by atoms with Gasteiger partial charge in [0.25, 0.3) is 6.47 Å². The summed E-state index contributed by atoms with van der Waals surface area (Å²) in [4.78, 5) is 10.5. The van der Waals surface area contributed by atoms with Crippen molar-refractivity contribution in [3.63, 3.8) is 0 Å².